The molecule has 2 heterocycles. The summed E-state index contributed by atoms with van der Waals surface area (Å²) in [4.78, 5) is 14.8. The summed E-state index contributed by atoms with van der Waals surface area (Å²) >= 11 is 0. The standard InChI is InChI=1S/C20H23NO3/c22-20-16-8-4-7-14(16)15-9-10-18-17(19(15)24-20)11-21(12-23-18)13-5-2-1-3-6-13/h9-10,13H,1-8,11-12H2. The molecule has 1 aliphatic heterocycles. The third kappa shape index (κ3) is 2.20. The van der Waals surface area contributed by atoms with Crippen LogP contribution < -0.4 is 10.4 Å². The van der Waals surface area contributed by atoms with Crippen molar-refractivity contribution in [2.75, 3.05) is 6.73 Å². The van der Waals surface area contributed by atoms with Gasteiger partial charge in [-0.25, -0.2) is 4.79 Å². The van der Waals surface area contributed by atoms with Gasteiger partial charge in [-0.2, -0.15) is 0 Å². The second-order valence-electron chi connectivity index (χ2n) is 7.43. The normalized spacial score (nSPS) is 21.5. The first-order valence-corrected chi connectivity index (χ1v) is 9.28. The van der Waals surface area contributed by atoms with E-state index >= 15 is 0 Å². The minimum Gasteiger partial charge on any atom is -0.478 e. The average Bonchev–Trinajstić information content (AvgIpc) is 3.13. The summed E-state index contributed by atoms with van der Waals surface area (Å²) in [6.07, 6.45) is 9.38. The molecule has 0 saturated heterocycles. The van der Waals surface area contributed by atoms with Crippen molar-refractivity contribution in [2.24, 2.45) is 0 Å². The van der Waals surface area contributed by atoms with E-state index in [-0.39, 0.29) is 5.63 Å². The Morgan fingerprint density at radius 1 is 0.958 bits per heavy atom. The Morgan fingerprint density at radius 2 is 1.79 bits per heavy atom. The molecule has 0 amide bonds. The molecule has 2 aromatic rings. The van der Waals surface area contributed by atoms with Crippen molar-refractivity contribution in [1.29, 1.82) is 0 Å². The lowest BCUT2D eigenvalue weighted by molar-refractivity contribution is 0.0406. The van der Waals surface area contributed by atoms with Crippen molar-refractivity contribution in [3.8, 4) is 5.75 Å². The van der Waals surface area contributed by atoms with Gasteiger partial charge < -0.3 is 9.15 Å². The summed E-state index contributed by atoms with van der Waals surface area (Å²) in [6, 6.07) is 4.75. The van der Waals surface area contributed by atoms with Crippen LogP contribution in [0.2, 0.25) is 0 Å². The van der Waals surface area contributed by atoms with Crippen LogP contribution in [-0.2, 0) is 19.4 Å². The van der Waals surface area contributed by atoms with Gasteiger partial charge in [-0.3, -0.25) is 4.90 Å². The van der Waals surface area contributed by atoms with Crippen LogP contribution in [0.25, 0.3) is 11.0 Å². The molecule has 1 saturated carbocycles. The minimum atomic E-state index is -0.141. The van der Waals surface area contributed by atoms with Crippen LogP contribution in [0, 0.1) is 0 Å². The first-order valence-electron chi connectivity index (χ1n) is 9.28. The maximum Gasteiger partial charge on any atom is 0.339 e. The van der Waals surface area contributed by atoms with Gasteiger partial charge in [-0.1, -0.05) is 19.3 Å². The van der Waals surface area contributed by atoms with Crippen LogP contribution >= 0.6 is 0 Å². The van der Waals surface area contributed by atoms with Crippen LogP contribution in [0.3, 0.4) is 0 Å². The third-order valence-corrected chi connectivity index (χ3v) is 6.04. The number of benzene rings is 1. The molecule has 1 aromatic heterocycles. The fraction of sp³-hybridized carbons (Fsp3) is 0.550. The predicted octanol–water partition coefficient (Wildman–Crippen LogP) is 3.77. The highest BCUT2D eigenvalue weighted by molar-refractivity contribution is 5.86. The SMILES string of the molecule is O=c1oc2c3c(ccc2c2c1CCC2)OCN(C1CCCCC1)C3. The Kier molecular flexibility index (Phi) is 3.40. The monoisotopic (exact) mass is 325 g/mol. The number of rotatable bonds is 1. The van der Waals surface area contributed by atoms with Gasteiger partial charge in [0.1, 0.15) is 18.1 Å². The molecule has 5 rings (SSSR count). The largest absolute Gasteiger partial charge is 0.478 e. The topological polar surface area (TPSA) is 42.7 Å². The molecular weight excluding hydrogens is 302 g/mol. The molecule has 126 valence electrons. The van der Waals surface area contributed by atoms with Gasteiger partial charge in [0, 0.05) is 23.5 Å². The lowest BCUT2D eigenvalue weighted by atomic mass is 9.93. The van der Waals surface area contributed by atoms with Crippen LogP contribution in [0.5, 0.6) is 5.75 Å². The molecule has 0 atom stereocenters. The summed E-state index contributed by atoms with van der Waals surface area (Å²) in [7, 11) is 0. The molecule has 1 fully saturated rings. The number of ether oxygens (including phenoxy) is 1. The predicted molar refractivity (Wildman–Crippen MR) is 92.4 cm³/mol. The van der Waals surface area contributed by atoms with Crippen molar-refractivity contribution in [3.05, 3.63) is 39.2 Å². The second-order valence-corrected chi connectivity index (χ2v) is 7.43. The van der Waals surface area contributed by atoms with Gasteiger partial charge in [-0.15, -0.1) is 0 Å². The fourth-order valence-electron chi connectivity index (χ4n) is 4.75. The van der Waals surface area contributed by atoms with Gasteiger partial charge in [0.2, 0.25) is 0 Å². The Hall–Kier alpha value is -1.81. The zero-order valence-electron chi connectivity index (χ0n) is 14.0. The van der Waals surface area contributed by atoms with Crippen molar-refractivity contribution < 1.29 is 9.15 Å². The summed E-state index contributed by atoms with van der Waals surface area (Å²) in [5, 5.41) is 1.12. The van der Waals surface area contributed by atoms with E-state index in [1.165, 1.54) is 37.7 Å². The molecule has 4 heteroatoms. The smallest absolute Gasteiger partial charge is 0.339 e. The zero-order chi connectivity index (χ0) is 16.1. The number of hydrogen-bond donors (Lipinski definition) is 0. The summed E-state index contributed by atoms with van der Waals surface area (Å²) in [6.45, 7) is 1.48. The maximum absolute atomic E-state index is 12.4. The minimum absolute atomic E-state index is 0.141. The fourth-order valence-corrected chi connectivity index (χ4v) is 4.75. The third-order valence-electron chi connectivity index (χ3n) is 6.04. The van der Waals surface area contributed by atoms with Crippen LogP contribution in [0.1, 0.15) is 55.2 Å². The lowest BCUT2D eigenvalue weighted by Crippen LogP contribution is -2.41. The first kappa shape index (κ1) is 14.5. The van der Waals surface area contributed by atoms with E-state index < -0.39 is 0 Å². The van der Waals surface area contributed by atoms with E-state index in [1.807, 2.05) is 0 Å². The van der Waals surface area contributed by atoms with Crippen molar-refractivity contribution in [1.82, 2.24) is 4.90 Å². The molecule has 0 radical (unpaired) electrons. The molecule has 2 aliphatic carbocycles. The van der Waals surface area contributed by atoms with Crippen molar-refractivity contribution in [2.45, 2.75) is 64.0 Å². The maximum atomic E-state index is 12.4. The number of nitrogens with zero attached hydrogens (tertiary/aromatic N) is 1. The number of fused-ring (bicyclic) bond motifs is 5. The van der Waals surface area contributed by atoms with Gasteiger partial charge in [0.15, 0.2) is 0 Å². The van der Waals surface area contributed by atoms with Crippen molar-refractivity contribution in [3.63, 3.8) is 0 Å². The van der Waals surface area contributed by atoms with Gasteiger partial charge >= 0.3 is 5.63 Å². The average molecular weight is 325 g/mol. The molecule has 24 heavy (non-hydrogen) atoms. The Morgan fingerprint density at radius 3 is 2.67 bits per heavy atom. The van der Waals surface area contributed by atoms with E-state index in [9.17, 15) is 4.79 Å². The lowest BCUT2D eigenvalue weighted by Gasteiger charge is -2.37. The second kappa shape index (κ2) is 5.62. The summed E-state index contributed by atoms with van der Waals surface area (Å²) < 4.78 is 11.8. The Balaban J connectivity index is 1.60. The van der Waals surface area contributed by atoms with E-state index in [4.69, 9.17) is 9.15 Å². The molecule has 0 N–H and O–H groups in total. The van der Waals surface area contributed by atoms with E-state index in [1.54, 1.807) is 0 Å². The first-order chi connectivity index (χ1) is 11.8. The highest BCUT2D eigenvalue weighted by Crippen LogP contribution is 2.37. The Bertz CT molecular complexity index is 848. The molecule has 1 aromatic carbocycles. The summed E-state index contributed by atoms with van der Waals surface area (Å²) in [5.74, 6) is 0.885. The van der Waals surface area contributed by atoms with Gasteiger partial charge in [0.05, 0.1) is 5.56 Å². The molecule has 0 unspecified atom stereocenters. The quantitative estimate of drug-likeness (QED) is 0.749. The molecule has 3 aliphatic rings. The number of hydrogen-bond acceptors (Lipinski definition) is 4. The van der Waals surface area contributed by atoms with E-state index in [2.05, 4.69) is 17.0 Å². The highest BCUT2D eigenvalue weighted by atomic mass is 16.5. The van der Waals surface area contributed by atoms with Gasteiger partial charge in [-0.05, 0) is 49.8 Å². The van der Waals surface area contributed by atoms with E-state index in [0.29, 0.717) is 12.8 Å². The van der Waals surface area contributed by atoms with Gasteiger partial charge in [0.25, 0.3) is 0 Å². The van der Waals surface area contributed by atoms with E-state index in [0.717, 1.165) is 53.7 Å². The molecule has 0 bridgehead atoms. The molecular formula is C20H23NO3. The van der Waals surface area contributed by atoms with Crippen LogP contribution in [0.4, 0.5) is 0 Å². The molecule has 4 nitrogen and oxygen atoms in total. The van der Waals surface area contributed by atoms with Crippen LogP contribution in [-0.4, -0.2) is 17.7 Å². The van der Waals surface area contributed by atoms with Crippen LogP contribution in [0.15, 0.2) is 21.3 Å². The number of aryl methyl sites for hydroxylation is 1. The highest BCUT2D eigenvalue weighted by Gasteiger charge is 2.29. The zero-order valence-corrected chi connectivity index (χ0v) is 14.0. The van der Waals surface area contributed by atoms with Crippen molar-refractivity contribution >= 4 is 11.0 Å². The Labute approximate surface area is 141 Å². The summed E-state index contributed by atoms with van der Waals surface area (Å²) in [5.41, 5.74) is 3.79. The molecule has 0 spiro atoms.